The van der Waals surface area contributed by atoms with Crippen molar-refractivity contribution >= 4 is 28.2 Å². The van der Waals surface area contributed by atoms with Gasteiger partial charge >= 0.3 is 5.97 Å². The molecule has 2 aromatic carbocycles. The summed E-state index contributed by atoms with van der Waals surface area (Å²) in [7, 11) is 3.06. The highest BCUT2D eigenvalue weighted by atomic mass is 16.5. The third kappa shape index (κ3) is 3.16. The molecule has 0 aliphatic carbocycles. The van der Waals surface area contributed by atoms with Gasteiger partial charge < -0.3 is 18.6 Å². The Labute approximate surface area is 173 Å². The molecule has 0 atom stereocenters. The predicted molar refractivity (Wildman–Crippen MR) is 114 cm³/mol. The number of ether oxygens (including phenoxy) is 3. The van der Waals surface area contributed by atoms with Crippen molar-refractivity contribution in [2.45, 2.75) is 6.92 Å². The summed E-state index contributed by atoms with van der Waals surface area (Å²) in [6, 6.07) is 18.1. The van der Waals surface area contributed by atoms with Crippen LogP contribution in [0.25, 0.3) is 16.4 Å². The zero-order valence-corrected chi connectivity index (χ0v) is 17.0. The normalized spacial score (nSPS) is 10.9. The Hall–Kier alpha value is -3.80. The minimum absolute atomic E-state index is 0.238. The summed E-state index contributed by atoms with van der Waals surface area (Å²) in [5, 5.41) is 0.956. The zero-order chi connectivity index (χ0) is 21.3. The number of para-hydroxylation sites is 1. The van der Waals surface area contributed by atoms with Crippen LogP contribution in [0.3, 0.4) is 0 Å². The Morgan fingerprint density at radius 2 is 1.63 bits per heavy atom. The van der Waals surface area contributed by atoms with Crippen LogP contribution in [0.15, 0.2) is 60.7 Å². The first-order valence-electron chi connectivity index (χ1n) is 9.56. The maximum absolute atomic E-state index is 13.5. The number of nitrogens with zero attached hydrogens (tertiary/aromatic N) is 1. The number of aromatic nitrogens is 1. The number of hydrogen-bond donors (Lipinski definition) is 0. The van der Waals surface area contributed by atoms with Gasteiger partial charge in [0, 0.05) is 5.56 Å². The summed E-state index contributed by atoms with van der Waals surface area (Å²) in [6.45, 7) is 2.00. The summed E-state index contributed by atoms with van der Waals surface area (Å²) in [6.07, 6.45) is 0. The third-order valence-electron chi connectivity index (χ3n) is 5.01. The monoisotopic (exact) mass is 403 g/mol. The van der Waals surface area contributed by atoms with Gasteiger partial charge in [0.2, 0.25) is 5.78 Å². The minimum atomic E-state index is -0.461. The molecule has 0 aliphatic rings. The van der Waals surface area contributed by atoms with E-state index in [1.54, 1.807) is 35.6 Å². The van der Waals surface area contributed by atoms with Crippen molar-refractivity contribution in [1.29, 1.82) is 0 Å². The quantitative estimate of drug-likeness (QED) is 0.350. The lowest BCUT2D eigenvalue weighted by Gasteiger charge is -2.10. The van der Waals surface area contributed by atoms with E-state index in [0.29, 0.717) is 33.8 Å². The molecule has 0 N–H and O–H groups in total. The topological polar surface area (TPSA) is 66.2 Å². The van der Waals surface area contributed by atoms with E-state index in [-0.39, 0.29) is 12.4 Å². The van der Waals surface area contributed by atoms with Gasteiger partial charge in [-0.25, -0.2) is 4.79 Å². The van der Waals surface area contributed by atoms with Crippen molar-refractivity contribution in [3.8, 4) is 11.5 Å². The van der Waals surface area contributed by atoms with Crippen molar-refractivity contribution in [1.82, 2.24) is 4.40 Å². The fourth-order valence-corrected chi connectivity index (χ4v) is 3.61. The third-order valence-corrected chi connectivity index (χ3v) is 5.01. The average Bonchev–Trinajstić information content (AvgIpc) is 3.18. The van der Waals surface area contributed by atoms with Crippen molar-refractivity contribution in [2.24, 2.45) is 0 Å². The molecule has 0 bridgehead atoms. The van der Waals surface area contributed by atoms with E-state index in [4.69, 9.17) is 14.2 Å². The molecule has 152 valence electrons. The Kier molecular flexibility index (Phi) is 5.14. The van der Waals surface area contributed by atoms with Crippen molar-refractivity contribution in [3.05, 3.63) is 77.5 Å². The smallest absolute Gasteiger partial charge is 0.340 e. The molecule has 0 radical (unpaired) electrons. The molecule has 2 aromatic heterocycles. The molecule has 2 heterocycles. The van der Waals surface area contributed by atoms with Crippen molar-refractivity contribution in [2.75, 3.05) is 20.8 Å². The van der Waals surface area contributed by atoms with E-state index < -0.39 is 5.97 Å². The Morgan fingerprint density at radius 1 is 0.867 bits per heavy atom. The highest BCUT2D eigenvalue weighted by molar-refractivity contribution is 6.12. The molecule has 0 unspecified atom stereocenters. The molecule has 6 heteroatoms. The standard InChI is InChI=1S/C24H21NO5/c1-4-30-24(27)17-14-20(23(26)16-10-12-21(28-2)22(13-16)29-3)25-18-8-6-5-7-15(18)9-11-19(17)25/h5-14H,4H2,1-3H3. The lowest BCUT2D eigenvalue weighted by molar-refractivity contribution is 0.0529. The van der Waals surface area contributed by atoms with Gasteiger partial charge in [-0.15, -0.1) is 0 Å². The minimum Gasteiger partial charge on any atom is -0.493 e. The molecule has 4 rings (SSSR count). The first kappa shape index (κ1) is 19.5. The summed E-state index contributed by atoms with van der Waals surface area (Å²) in [4.78, 5) is 26.1. The Morgan fingerprint density at radius 3 is 2.37 bits per heavy atom. The molecule has 4 aromatic rings. The van der Waals surface area contributed by atoms with Gasteiger partial charge in [0.05, 0.1) is 43.1 Å². The van der Waals surface area contributed by atoms with Crippen LogP contribution in [0.2, 0.25) is 0 Å². The van der Waals surface area contributed by atoms with E-state index in [1.807, 2.05) is 36.4 Å². The second-order valence-corrected chi connectivity index (χ2v) is 6.68. The Bertz CT molecular complexity index is 1270. The summed E-state index contributed by atoms with van der Waals surface area (Å²) < 4.78 is 17.6. The Balaban J connectivity index is 1.96. The summed E-state index contributed by atoms with van der Waals surface area (Å²) in [5.74, 6) is 0.293. The van der Waals surface area contributed by atoms with E-state index >= 15 is 0 Å². The highest BCUT2D eigenvalue weighted by Crippen LogP contribution is 2.30. The lowest BCUT2D eigenvalue weighted by atomic mass is 10.1. The van der Waals surface area contributed by atoms with Crippen LogP contribution in [0.5, 0.6) is 11.5 Å². The van der Waals surface area contributed by atoms with Gasteiger partial charge in [-0.05, 0) is 48.7 Å². The summed E-state index contributed by atoms with van der Waals surface area (Å²) >= 11 is 0. The predicted octanol–water partition coefficient (Wildman–Crippen LogP) is 4.52. The number of rotatable bonds is 6. The van der Waals surface area contributed by atoms with Crippen LogP contribution in [0, 0.1) is 0 Å². The molecule has 0 fully saturated rings. The fraction of sp³-hybridized carbons (Fsp3) is 0.167. The molecule has 0 aliphatic heterocycles. The largest absolute Gasteiger partial charge is 0.493 e. The number of carbonyl (C=O) groups excluding carboxylic acids is 2. The molecule has 6 nitrogen and oxygen atoms in total. The maximum atomic E-state index is 13.5. The van der Waals surface area contributed by atoms with Crippen LogP contribution < -0.4 is 9.47 Å². The van der Waals surface area contributed by atoms with Crippen LogP contribution in [-0.2, 0) is 4.74 Å². The number of pyridine rings is 1. The number of ketones is 1. The first-order valence-corrected chi connectivity index (χ1v) is 9.56. The van der Waals surface area contributed by atoms with E-state index in [2.05, 4.69) is 0 Å². The molecular weight excluding hydrogens is 382 g/mol. The number of benzene rings is 2. The highest BCUT2D eigenvalue weighted by Gasteiger charge is 2.23. The van der Waals surface area contributed by atoms with Gasteiger partial charge in [-0.1, -0.05) is 24.3 Å². The molecule has 0 amide bonds. The van der Waals surface area contributed by atoms with E-state index in [0.717, 1.165) is 10.9 Å². The molecule has 30 heavy (non-hydrogen) atoms. The number of methoxy groups -OCH3 is 2. The zero-order valence-electron chi connectivity index (χ0n) is 17.0. The second kappa shape index (κ2) is 7.91. The molecule has 0 saturated carbocycles. The summed E-state index contributed by atoms with van der Waals surface area (Å²) in [5.41, 5.74) is 2.60. The lowest BCUT2D eigenvalue weighted by Crippen LogP contribution is -2.06. The number of esters is 1. The average molecular weight is 403 g/mol. The van der Waals surface area contributed by atoms with Gasteiger partial charge in [0.15, 0.2) is 11.5 Å². The van der Waals surface area contributed by atoms with Gasteiger partial charge in [-0.3, -0.25) is 4.79 Å². The van der Waals surface area contributed by atoms with Crippen LogP contribution >= 0.6 is 0 Å². The van der Waals surface area contributed by atoms with Crippen molar-refractivity contribution in [3.63, 3.8) is 0 Å². The van der Waals surface area contributed by atoms with Crippen LogP contribution in [0.4, 0.5) is 0 Å². The first-order chi connectivity index (χ1) is 14.6. The van der Waals surface area contributed by atoms with Crippen LogP contribution in [-0.4, -0.2) is 37.0 Å². The number of fused-ring (bicyclic) bond motifs is 3. The van der Waals surface area contributed by atoms with E-state index in [1.165, 1.54) is 14.2 Å². The van der Waals surface area contributed by atoms with E-state index in [9.17, 15) is 9.59 Å². The maximum Gasteiger partial charge on any atom is 0.340 e. The fourth-order valence-electron chi connectivity index (χ4n) is 3.61. The van der Waals surface area contributed by atoms with Crippen molar-refractivity contribution < 1.29 is 23.8 Å². The molecule has 0 saturated heterocycles. The second-order valence-electron chi connectivity index (χ2n) is 6.68. The van der Waals surface area contributed by atoms with Gasteiger partial charge in [-0.2, -0.15) is 0 Å². The van der Waals surface area contributed by atoms with Gasteiger partial charge in [0.1, 0.15) is 0 Å². The molecule has 0 spiro atoms. The SMILES string of the molecule is CCOC(=O)c1cc(C(=O)c2ccc(OC)c(OC)c2)n2c1ccc1ccccc12. The molecular formula is C24H21NO5. The number of hydrogen-bond acceptors (Lipinski definition) is 5. The van der Waals surface area contributed by atoms with Crippen LogP contribution in [0.1, 0.15) is 33.3 Å². The van der Waals surface area contributed by atoms with Gasteiger partial charge in [0.25, 0.3) is 0 Å². The number of carbonyl (C=O) groups is 2.